The second-order valence-electron chi connectivity index (χ2n) is 4.33. The number of aliphatic hydroxyl groups is 1. The first-order valence-electron chi connectivity index (χ1n) is 5.49. The second-order valence-corrected chi connectivity index (χ2v) is 4.33. The molecule has 1 aliphatic heterocycles. The molecule has 1 aromatic rings. The van der Waals surface area contributed by atoms with Crippen molar-refractivity contribution in [2.24, 2.45) is 0 Å². The van der Waals surface area contributed by atoms with Gasteiger partial charge < -0.3 is 9.63 Å². The van der Waals surface area contributed by atoms with Crippen molar-refractivity contribution in [1.82, 2.24) is 10.1 Å². The molecule has 1 saturated heterocycles. The number of hydrogen-bond donors (Lipinski definition) is 1. The van der Waals surface area contributed by atoms with Gasteiger partial charge in [-0.05, 0) is 33.2 Å². The van der Waals surface area contributed by atoms with E-state index in [-0.39, 0.29) is 6.10 Å². The molecule has 1 aliphatic rings. The molecule has 1 unspecified atom stereocenters. The number of β-amino-alcohol motifs (C(OH)–C–C–N with tert-alkyl or cyclic N) is 1. The van der Waals surface area contributed by atoms with E-state index in [0.717, 1.165) is 43.9 Å². The average molecular weight is 210 g/mol. The highest BCUT2D eigenvalue weighted by molar-refractivity contribution is 5.20. The largest absolute Gasteiger partial charge is 0.392 e. The minimum absolute atomic E-state index is 0.167. The number of piperidine rings is 1. The maximum absolute atomic E-state index is 9.57. The molecular formula is C11H18N2O2. The van der Waals surface area contributed by atoms with E-state index in [0.29, 0.717) is 0 Å². The first-order chi connectivity index (χ1) is 7.16. The molecule has 4 nitrogen and oxygen atoms in total. The lowest BCUT2D eigenvalue weighted by Crippen LogP contribution is -2.37. The predicted octanol–water partition coefficient (Wildman–Crippen LogP) is 1.25. The monoisotopic (exact) mass is 210 g/mol. The number of aliphatic hydroxyl groups excluding tert-OH is 1. The molecule has 1 atom stereocenters. The van der Waals surface area contributed by atoms with Crippen LogP contribution < -0.4 is 0 Å². The van der Waals surface area contributed by atoms with Gasteiger partial charge in [0.1, 0.15) is 5.76 Å². The number of likely N-dealkylation sites (tertiary alicyclic amines) is 1. The lowest BCUT2D eigenvalue weighted by atomic mass is 10.1. The van der Waals surface area contributed by atoms with Crippen LogP contribution in [0.2, 0.25) is 0 Å². The van der Waals surface area contributed by atoms with Crippen LogP contribution in [0.4, 0.5) is 0 Å². The molecule has 0 aromatic carbocycles. The third-order valence-electron chi connectivity index (χ3n) is 3.04. The fourth-order valence-electron chi connectivity index (χ4n) is 2.13. The zero-order valence-corrected chi connectivity index (χ0v) is 9.36. The summed E-state index contributed by atoms with van der Waals surface area (Å²) >= 11 is 0. The number of hydrogen-bond acceptors (Lipinski definition) is 4. The fourth-order valence-corrected chi connectivity index (χ4v) is 2.13. The zero-order valence-electron chi connectivity index (χ0n) is 9.36. The van der Waals surface area contributed by atoms with Crippen LogP contribution in [0.5, 0.6) is 0 Å². The van der Waals surface area contributed by atoms with Gasteiger partial charge in [0.25, 0.3) is 0 Å². The molecule has 2 heterocycles. The molecule has 0 radical (unpaired) electrons. The summed E-state index contributed by atoms with van der Waals surface area (Å²) in [5, 5.41) is 13.5. The number of aromatic nitrogens is 1. The van der Waals surface area contributed by atoms with Gasteiger partial charge in [-0.25, -0.2) is 0 Å². The molecule has 1 aromatic heterocycles. The molecular weight excluding hydrogens is 192 g/mol. The first-order valence-corrected chi connectivity index (χ1v) is 5.49. The van der Waals surface area contributed by atoms with Crippen LogP contribution in [0.3, 0.4) is 0 Å². The first kappa shape index (κ1) is 10.6. The summed E-state index contributed by atoms with van der Waals surface area (Å²) in [6.45, 7) is 6.57. The summed E-state index contributed by atoms with van der Waals surface area (Å²) in [6.07, 6.45) is 1.84. The third-order valence-corrected chi connectivity index (χ3v) is 3.04. The molecule has 0 aliphatic carbocycles. The Balaban J connectivity index is 2.02. The van der Waals surface area contributed by atoms with Gasteiger partial charge in [-0.15, -0.1) is 0 Å². The van der Waals surface area contributed by atoms with E-state index in [1.165, 1.54) is 5.56 Å². The van der Waals surface area contributed by atoms with Crippen LogP contribution >= 0.6 is 0 Å². The lowest BCUT2D eigenvalue weighted by Gasteiger charge is -2.29. The second kappa shape index (κ2) is 4.33. The van der Waals surface area contributed by atoms with Crippen molar-refractivity contribution in [3.8, 4) is 0 Å². The Kier molecular flexibility index (Phi) is 3.07. The quantitative estimate of drug-likeness (QED) is 0.798. The highest BCUT2D eigenvalue weighted by atomic mass is 16.5. The summed E-state index contributed by atoms with van der Waals surface area (Å²) in [7, 11) is 0. The Labute approximate surface area is 89.9 Å². The van der Waals surface area contributed by atoms with E-state index in [2.05, 4.69) is 10.1 Å². The van der Waals surface area contributed by atoms with Gasteiger partial charge in [-0.1, -0.05) is 5.16 Å². The molecule has 2 rings (SSSR count). The van der Waals surface area contributed by atoms with Crippen LogP contribution in [-0.4, -0.2) is 34.4 Å². The van der Waals surface area contributed by atoms with Crippen molar-refractivity contribution >= 4 is 0 Å². The van der Waals surface area contributed by atoms with E-state index < -0.39 is 0 Å². The Morgan fingerprint density at radius 3 is 2.93 bits per heavy atom. The summed E-state index contributed by atoms with van der Waals surface area (Å²) in [5.74, 6) is 0.896. The minimum Gasteiger partial charge on any atom is -0.392 e. The Morgan fingerprint density at radius 2 is 2.33 bits per heavy atom. The van der Waals surface area contributed by atoms with Gasteiger partial charge in [-0.2, -0.15) is 0 Å². The maximum atomic E-state index is 9.57. The van der Waals surface area contributed by atoms with Crippen molar-refractivity contribution in [3.05, 3.63) is 17.0 Å². The molecule has 0 amide bonds. The van der Waals surface area contributed by atoms with Crippen molar-refractivity contribution in [2.45, 2.75) is 39.3 Å². The summed E-state index contributed by atoms with van der Waals surface area (Å²) in [5.41, 5.74) is 2.14. The van der Waals surface area contributed by atoms with Crippen LogP contribution in [0, 0.1) is 13.8 Å². The SMILES string of the molecule is Cc1noc(C)c1CN1CCCC(O)C1. The predicted molar refractivity (Wildman–Crippen MR) is 56.5 cm³/mol. The van der Waals surface area contributed by atoms with E-state index in [4.69, 9.17) is 4.52 Å². The summed E-state index contributed by atoms with van der Waals surface area (Å²) in [4.78, 5) is 2.26. The highest BCUT2D eigenvalue weighted by Crippen LogP contribution is 2.18. The van der Waals surface area contributed by atoms with E-state index >= 15 is 0 Å². The standard InChI is InChI=1S/C11H18N2O2/c1-8-11(9(2)15-12-8)7-13-5-3-4-10(14)6-13/h10,14H,3-7H2,1-2H3. The molecule has 0 saturated carbocycles. The molecule has 4 heteroatoms. The van der Waals surface area contributed by atoms with Gasteiger partial charge in [0.2, 0.25) is 0 Å². The molecule has 0 bridgehead atoms. The smallest absolute Gasteiger partial charge is 0.138 e. The van der Waals surface area contributed by atoms with Gasteiger partial charge in [0.05, 0.1) is 11.8 Å². The summed E-state index contributed by atoms with van der Waals surface area (Å²) < 4.78 is 5.12. The van der Waals surface area contributed by atoms with Crippen molar-refractivity contribution < 1.29 is 9.63 Å². The zero-order chi connectivity index (χ0) is 10.8. The van der Waals surface area contributed by atoms with Crippen LogP contribution in [-0.2, 0) is 6.54 Å². The van der Waals surface area contributed by atoms with Crippen molar-refractivity contribution in [3.63, 3.8) is 0 Å². The highest BCUT2D eigenvalue weighted by Gasteiger charge is 2.20. The van der Waals surface area contributed by atoms with E-state index in [9.17, 15) is 5.11 Å². The van der Waals surface area contributed by atoms with Crippen LogP contribution in [0.1, 0.15) is 29.9 Å². The Hall–Kier alpha value is -0.870. The minimum atomic E-state index is -0.167. The molecule has 0 spiro atoms. The van der Waals surface area contributed by atoms with Gasteiger partial charge in [-0.3, -0.25) is 4.90 Å². The number of nitrogens with zero attached hydrogens (tertiary/aromatic N) is 2. The van der Waals surface area contributed by atoms with Crippen LogP contribution in [0.25, 0.3) is 0 Å². The molecule has 1 N–H and O–H groups in total. The molecule has 84 valence electrons. The maximum Gasteiger partial charge on any atom is 0.138 e. The summed E-state index contributed by atoms with van der Waals surface area (Å²) in [6, 6.07) is 0. The fraction of sp³-hybridized carbons (Fsp3) is 0.727. The average Bonchev–Trinajstić information content (AvgIpc) is 2.50. The van der Waals surface area contributed by atoms with E-state index in [1.54, 1.807) is 0 Å². The van der Waals surface area contributed by atoms with Gasteiger partial charge >= 0.3 is 0 Å². The van der Waals surface area contributed by atoms with Crippen molar-refractivity contribution in [2.75, 3.05) is 13.1 Å². The molecule has 1 fully saturated rings. The number of aryl methyl sites for hydroxylation is 2. The van der Waals surface area contributed by atoms with Gasteiger partial charge in [0, 0.05) is 18.7 Å². The molecule has 15 heavy (non-hydrogen) atoms. The normalized spacial score (nSPS) is 23.3. The van der Waals surface area contributed by atoms with Crippen molar-refractivity contribution in [1.29, 1.82) is 0 Å². The number of rotatable bonds is 2. The Morgan fingerprint density at radius 1 is 1.53 bits per heavy atom. The Bertz CT molecular complexity index is 316. The lowest BCUT2D eigenvalue weighted by molar-refractivity contribution is 0.0665. The van der Waals surface area contributed by atoms with Gasteiger partial charge in [0.15, 0.2) is 0 Å². The topological polar surface area (TPSA) is 49.5 Å². The van der Waals surface area contributed by atoms with Crippen LogP contribution in [0.15, 0.2) is 4.52 Å². The third kappa shape index (κ3) is 2.38. The van der Waals surface area contributed by atoms with E-state index in [1.807, 2.05) is 13.8 Å².